The van der Waals surface area contributed by atoms with Crippen LogP contribution in [0.25, 0.3) is 0 Å². The number of carbonyl (C=O) groups excluding carboxylic acids is 1. The number of ether oxygens (including phenoxy) is 3. The first kappa shape index (κ1) is 21.3. The molecule has 2 saturated heterocycles. The Morgan fingerprint density at radius 3 is 2.48 bits per heavy atom. The molecule has 4 rings (SSSR count). The summed E-state index contributed by atoms with van der Waals surface area (Å²) >= 11 is 0. The number of amides is 1. The molecule has 2 aromatic rings. The highest BCUT2D eigenvalue weighted by Crippen LogP contribution is 2.37. The molecule has 8 heteroatoms. The summed E-state index contributed by atoms with van der Waals surface area (Å²) < 4.78 is 17.8. The highest BCUT2D eigenvalue weighted by Gasteiger charge is 2.43. The number of aryl methyl sites for hydroxylation is 1. The van der Waals surface area contributed by atoms with E-state index < -0.39 is 0 Å². The number of fused-ring (bicyclic) bond motifs is 2. The average Bonchev–Trinajstić information content (AvgIpc) is 2.71. The number of rotatable bonds is 5. The molecule has 0 spiro atoms. The monoisotopic (exact) mass is 426 g/mol. The number of aromatic nitrogens is 3. The minimum absolute atomic E-state index is 0.0139. The van der Waals surface area contributed by atoms with Gasteiger partial charge in [0.05, 0.1) is 17.4 Å². The molecule has 0 aromatic carbocycles. The number of hydrogen-bond acceptors (Lipinski definition) is 7. The fourth-order valence-corrected chi connectivity index (χ4v) is 4.47. The molecule has 1 amide bonds. The second-order valence-electron chi connectivity index (χ2n) is 8.59. The lowest BCUT2D eigenvalue weighted by Crippen LogP contribution is -2.57. The average molecular weight is 427 g/mol. The van der Waals surface area contributed by atoms with Gasteiger partial charge in [0, 0.05) is 31.1 Å². The number of carbonyl (C=O) groups is 1. The predicted octanol–water partition coefficient (Wildman–Crippen LogP) is 4.59. The third-order valence-electron chi connectivity index (χ3n) is 5.91. The van der Waals surface area contributed by atoms with Gasteiger partial charge in [0.25, 0.3) is 0 Å². The molecule has 0 saturated carbocycles. The Morgan fingerprint density at radius 2 is 1.81 bits per heavy atom. The van der Waals surface area contributed by atoms with Crippen molar-refractivity contribution in [3.63, 3.8) is 0 Å². The predicted molar refractivity (Wildman–Crippen MR) is 114 cm³/mol. The summed E-state index contributed by atoms with van der Waals surface area (Å²) in [5.74, 6) is 1.63. The quantitative estimate of drug-likeness (QED) is 0.691. The van der Waals surface area contributed by atoms with E-state index in [-0.39, 0.29) is 30.4 Å². The molecular formula is C23H30N4O4. The maximum atomic E-state index is 12.6. The lowest BCUT2D eigenvalue weighted by molar-refractivity contribution is -0.0243. The van der Waals surface area contributed by atoms with Crippen LogP contribution in [0.3, 0.4) is 0 Å². The fraction of sp³-hybridized carbons (Fsp3) is 0.565. The van der Waals surface area contributed by atoms with Crippen molar-refractivity contribution in [1.82, 2.24) is 19.9 Å². The van der Waals surface area contributed by atoms with Crippen LogP contribution >= 0.6 is 0 Å². The van der Waals surface area contributed by atoms with Crippen LogP contribution in [-0.2, 0) is 4.74 Å². The summed E-state index contributed by atoms with van der Waals surface area (Å²) in [5.41, 5.74) is 1.54. The topological polar surface area (TPSA) is 86.7 Å². The second-order valence-corrected chi connectivity index (χ2v) is 8.59. The normalized spacial score (nSPS) is 22.9. The minimum atomic E-state index is -0.205. The zero-order chi connectivity index (χ0) is 22.0. The molecular weight excluding hydrogens is 396 g/mol. The molecule has 2 bridgehead atoms. The molecule has 166 valence electrons. The van der Waals surface area contributed by atoms with E-state index in [1.165, 1.54) is 6.33 Å². The SMILES string of the molecule is Cc1ncccc1Oc1ncnc(OC2CC3CCCC(C2)N3C(=O)OC(C)C)c1C. The van der Waals surface area contributed by atoms with Gasteiger partial charge < -0.3 is 19.1 Å². The zero-order valence-electron chi connectivity index (χ0n) is 18.6. The summed E-state index contributed by atoms with van der Waals surface area (Å²) in [5, 5.41) is 0. The fourth-order valence-electron chi connectivity index (χ4n) is 4.47. The van der Waals surface area contributed by atoms with Crippen molar-refractivity contribution in [2.45, 2.75) is 84.1 Å². The molecule has 31 heavy (non-hydrogen) atoms. The van der Waals surface area contributed by atoms with E-state index in [1.54, 1.807) is 6.20 Å². The first-order valence-corrected chi connectivity index (χ1v) is 11.0. The summed E-state index contributed by atoms with van der Waals surface area (Å²) in [6.07, 6.45) is 7.46. The number of hydrogen-bond donors (Lipinski definition) is 0. The molecule has 0 radical (unpaired) electrons. The van der Waals surface area contributed by atoms with Crippen molar-refractivity contribution >= 4 is 6.09 Å². The van der Waals surface area contributed by atoms with E-state index in [4.69, 9.17) is 14.2 Å². The lowest BCUT2D eigenvalue weighted by atomic mass is 9.83. The van der Waals surface area contributed by atoms with Crippen molar-refractivity contribution in [2.75, 3.05) is 0 Å². The van der Waals surface area contributed by atoms with Crippen LogP contribution in [0.1, 0.15) is 57.2 Å². The number of piperidine rings is 2. The van der Waals surface area contributed by atoms with E-state index in [2.05, 4.69) is 15.0 Å². The molecule has 2 atom stereocenters. The third-order valence-corrected chi connectivity index (χ3v) is 5.91. The summed E-state index contributed by atoms with van der Waals surface area (Å²) in [7, 11) is 0. The zero-order valence-corrected chi connectivity index (χ0v) is 18.6. The van der Waals surface area contributed by atoms with Gasteiger partial charge in [-0.05, 0) is 59.1 Å². The summed E-state index contributed by atoms with van der Waals surface area (Å²) in [4.78, 5) is 27.4. The Morgan fingerprint density at radius 1 is 1.10 bits per heavy atom. The maximum Gasteiger partial charge on any atom is 0.410 e. The van der Waals surface area contributed by atoms with Crippen molar-refractivity contribution in [3.05, 3.63) is 35.9 Å². The molecule has 2 fully saturated rings. The van der Waals surface area contributed by atoms with Gasteiger partial charge in [-0.15, -0.1) is 0 Å². The molecule has 0 N–H and O–H groups in total. The van der Waals surface area contributed by atoms with Gasteiger partial charge in [0.15, 0.2) is 5.75 Å². The van der Waals surface area contributed by atoms with Gasteiger partial charge >= 0.3 is 6.09 Å². The van der Waals surface area contributed by atoms with Crippen LogP contribution in [0.5, 0.6) is 17.5 Å². The lowest BCUT2D eigenvalue weighted by Gasteiger charge is -2.47. The van der Waals surface area contributed by atoms with Gasteiger partial charge in [-0.1, -0.05) is 0 Å². The van der Waals surface area contributed by atoms with Crippen LogP contribution in [0, 0.1) is 13.8 Å². The van der Waals surface area contributed by atoms with Crippen molar-refractivity contribution < 1.29 is 19.0 Å². The van der Waals surface area contributed by atoms with Gasteiger partial charge in [0.2, 0.25) is 11.8 Å². The third kappa shape index (κ3) is 4.73. The molecule has 2 aromatic heterocycles. The van der Waals surface area contributed by atoms with Crippen LogP contribution in [0.4, 0.5) is 4.79 Å². The highest BCUT2D eigenvalue weighted by atomic mass is 16.6. The largest absolute Gasteiger partial charge is 0.474 e. The second kappa shape index (κ2) is 9.08. The van der Waals surface area contributed by atoms with Gasteiger partial charge in [-0.2, -0.15) is 0 Å². The molecule has 8 nitrogen and oxygen atoms in total. The maximum absolute atomic E-state index is 12.6. The molecule has 4 heterocycles. The highest BCUT2D eigenvalue weighted by molar-refractivity contribution is 5.69. The summed E-state index contributed by atoms with van der Waals surface area (Å²) in [6, 6.07) is 3.96. The van der Waals surface area contributed by atoms with Crippen LogP contribution in [-0.4, -0.2) is 50.2 Å². The van der Waals surface area contributed by atoms with E-state index in [0.717, 1.165) is 43.4 Å². The van der Waals surface area contributed by atoms with E-state index >= 15 is 0 Å². The number of nitrogens with zero attached hydrogens (tertiary/aromatic N) is 4. The first-order chi connectivity index (χ1) is 14.9. The first-order valence-electron chi connectivity index (χ1n) is 11.0. The number of pyridine rings is 1. The van der Waals surface area contributed by atoms with Gasteiger partial charge in [-0.25, -0.2) is 14.8 Å². The van der Waals surface area contributed by atoms with Crippen molar-refractivity contribution in [1.29, 1.82) is 0 Å². The molecule has 0 aliphatic carbocycles. The van der Waals surface area contributed by atoms with E-state index in [0.29, 0.717) is 17.5 Å². The van der Waals surface area contributed by atoms with Crippen molar-refractivity contribution in [2.24, 2.45) is 0 Å². The molecule has 2 aliphatic heterocycles. The van der Waals surface area contributed by atoms with E-state index in [9.17, 15) is 4.79 Å². The van der Waals surface area contributed by atoms with E-state index in [1.807, 2.05) is 44.7 Å². The summed E-state index contributed by atoms with van der Waals surface area (Å²) in [6.45, 7) is 7.55. The van der Waals surface area contributed by atoms with Gasteiger partial charge in [-0.3, -0.25) is 4.98 Å². The molecule has 2 aliphatic rings. The Labute approximate surface area is 183 Å². The van der Waals surface area contributed by atoms with Crippen LogP contribution in [0.15, 0.2) is 24.7 Å². The molecule has 2 unspecified atom stereocenters. The van der Waals surface area contributed by atoms with Crippen molar-refractivity contribution in [3.8, 4) is 17.5 Å². The Hall–Kier alpha value is -2.90. The minimum Gasteiger partial charge on any atom is -0.474 e. The van der Waals surface area contributed by atoms with Gasteiger partial charge in [0.1, 0.15) is 12.4 Å². The Kier molecular flexibility index (Phi) is 6.25. The Bertz CT molecular complexity index is 922. The smallest absolute Gasteiger partial charge is 0.410 e. The Balaban J connectivity index is 1.47. The van der Waals surface area contributed by atoms with Crippen LogP contribution in [0.2, 0.25) is 0 Å². The standard InChI is InChI=1S/C23H30N4O4/c1-14(2)29-23(28)27-17-7-5-8-18(27)12-19(11-17)30-21-15(3)22(26-13-25-21)31-20-9-6-10-24-16(20)4/h6,9-10,13-14,17-19H,5,7-8,11-12H2,1-4H3. The van der Waals surface area contributed by atoms with Crippen LogP contribution < -0.4 is 9.47 Å².